The number of alkyl halides is 3. The number of methoxy groups -OCH3 is 1. The number of ether oxygens (including phenoxy) is 1. The van der Waals surface area contributed by atoms with Crippen LogP contribution in [-0.4, -0.2) is 30.7 Å². The first-order valence-electron chi connectivity index (χ1n) is 6.01. The number of aromatic nitrogens is 1. The minimum atomic E-state index is -4.90. The van der Waals surface area contributed by atoms with Crippen LogP contribution < -0.4 is 10.1 Å². The average Bonchev–Trinajstić information content (AvgIpc) is 2.78. The van der Waals surface area contributed by atoms with Gasteiger partial charge in [-0.25, -0.2) is 4.39 Å². The molecule has 0 saturated carbocycles. The predicted octanol–water partition coefficient (Wildman–Crippen LogP) is 2.54. The van der Waals surface area contributed by atoms with Crippen molar-refractivity contribution >= 4 is 16.8 Å². The van der Waals surface area contributed by atoms with Gasteiger partial charge in [0.15, 0.2) is 11.6 Å². The summed E-state index contributed by atoms with van der Waals surface area (Å²) in [7, 11) is 1.32. The second kappa shape index (κ2) is 5.63. The number of aromatic amines is 1. The molecule has 1 heterocycles. The molecule has 0 saturated heterocycles. The van der Waals surface area contributed by atoms with Crippen LogP contribution >= 0.6 is 0 Å². The van der Waals surface area contributed by atoms with Crippen molar-refractivity contribution in [2.45, 2.75) is 12.6 Å². The molecule has 0 atom stereocenters. The standard InChI is InChI=1S/C13H12F4N2O2/c1-21-11-4-8-7(6-19-10(8)5-9(11)14)2-3-18-12(20)13(15,16)17/h4-6,19H,2-3H2,1H3,(H,18,20). The number of hydrogen-bond donors (Lipinski definition) is 2. The number of nitrogens with one attached hydrogen (secondary N) is 2. The molecule has 114 valence electrons. The topological polar surface area (TPSA) is 54.1 Å². The molecule has 4 nitrogen and oxygen atoms in total. The number of carbonyl (C=O) groups excluding carboxylic acids is 1. The molecule has 8 heteroatoms. The van der Waals surface area contributed by atoms with Crippen LogP contribution in [0.2, 0.25) is 0 Å². The number of rotatable bonds is 4. The second-order valence-electron chi connectivity index (χ2n) is 4.35. The second-order valence-corrected chi connectivity index (χ2v) is 4.35. The molecule has 21 heavy (non-hydrogen) atoms. The molecular weight excluding hydrogens is 292 g/mol. The maximum absolute atomic E-state index is 13.5. The Balaban J connectivity index is 2.11. The lowest BCUT2D eigenvalue weighted by molar-refractivity contribution is -0.173. The monoisotopic (exact) mass is 304 g/mol. The van der Waals surface area contributed by atoms with Crippen molar-refractivity contribution in [3.05, 3.63) is 29.7 Å². The van der Waals surface area contributed by atoms with Crippen molar-refractivity contribution < 1.29 is 27.1 Å². The highest BCUT2D eigenvalue weighted by molar-refractivity contribution is 5.85. The van der Waals surface area contributed by atoms with Gasteiger partial charge in [0.25, 0.3) is 0 Å². The SMILES string of the molecule is COc1cc2c(CCNC(=O)C(F)(F)F)c[nH]c2cc1F. The molecule has 0 aliphatic carbocycles. The average molecular weight is 304 g/mol. The van der Waals surface area contributed by atoms with E-state index in [4.69, 9.17) is 4.74 Å². The van der Waals surface area contributed by atoms with Gasteiger partial charge in [-0.1, -0.05) is 0 Å². The molecule has 0 unspecified atom stereocenters. The van der Waals surface area contributed by atoms with E-state index < -0.39 is 17.9 Å². The van der Waals surface area contributed by atoms with Crippen LogP contribution in [0.4, 0.5) is 17.6 Å². The van der Waals surface area contributed by atoms with Gasteiger partial charge in [0.05, 0.1) is 7.11 Å². The minimum absolute atomic E-state index is 0.0441. The van der Waals surface area contributed by atoms with Crippen LogP contribution in [0.15, 0.2) is 18.3 Å². The molecule has 2 aromatic rings. The molecule has 2 N–H and O–H groups in total. The third kappa shape index (κ3) is 3.26. The third-order valence-electron chi connectivity index (χ3n) is 2.98. The number of fused-ring (bicyclic) bond motifs is 1. The Morgan fingerprint density at radius 1 is 1.38 bits per heavy atom. The van der Waals surface area contributed by atoms with E-state index in [1.165, 1.54) is 19.2 Å². The van der Waals surface area contributed by atoms with Crippen LogP contribution in [0.5, 0.6) is 5.75 Å². The first-order chi connectivity index (χ1) is 9.82. The Kier molecular flexibility index (Phi) is 4.06. The van der Waals surface area contributed by atoms with Crippen molar-refractivity contribution in [2.24, 2.45) is 0 Å². The zero-order chi connectivity index (χ0) is 15.6. The lowest BCUT2D eigenvalue weighted by atomic mass is 10.1. The van der Waals surface area contributed by atoms with Gasteiger partial charge < -0.3 is 15.0 Å². The molecule has 1 amide bonds. The Hall–Kier alpha value is -2.25. The van der Waals surface area contributed by atoms with Crippen molar-refractivity contribution in [1.82, 2.24) is 10.3 Å². The molecule has 0 aliphatic heterocycles. The maximum Gasteiger partial charge on any atom is 0.471 e. The largest absolute Gasteiger partial charge is 0.494 e. The van der Waals surface area contributed by atoms with Crippen LogP contribution in [0.1, 0.15) is 5.56 Å². The third-order valence-corrected chi connectivity index (χ3v) is 2.98. The maximum atomic E-state index is 13.5. The fraction of sp³-hybridized carbons (Fsp3) is 0.308. The van der Waals surface area contributed by atoms with E-state index in [9.17, 15) is 22.4 Å². The fourth-order valence-corrected chi connectivity index (χ4v) is 1.96. The van der Waals surface area contributed by atoms with Crippen molar-refractivity contribution in [3.8, 4) is 5.75 Å². The normalized spacial score (nSPS) is 11.7. The summed E-state index contributed by atoms with van der Waals surface area (Å²) in [6.45, 7) is -0.176. The Bertz CT molecular complexity index is 664. The van der Waals surface area contributed by atoms with Gasteiger partial charge in [0.1, 0.15) is 0 Å². The van der Waals surface area contributed by atoms with E-state index in [0.717, 1.165) is 0 Å². The van der Waals surface area contributed by atoms with Crippen LogP contribution in [0.25, 0.3) is 10.9 Å². The van der Waals surface area contributed by atoms with E-state index in [1.54, 1.807) is 11.5 Å². The van der Waals surface area contributed by atoms with Crippen molar-refractivity contribution in [2.75, 3.05) is 13.7 Å². The number of carbonyl (C=O) groups is 1. The van der Waals surface area contributed by atoms with Gasteiger partial charge in [-0.15, -0.1) is 0 Å². The van der Waals surface area contributed by atoms with Crippen LogP contribution in [-0.2, 0) is 11.2 Å². The zero-order valence-corrected chi connectivity index (χ0v) is 11.0. The summed E-state index contributed by atoms with van der Waals surface area (Å²) in [5.74, 6) is -2.47. The molecule has 0 aliphatic rings. The first-order valence-corrected chi connectivity index (χ1v) is 6.01. The number of benzene rings is 1. The quantitative estimate of drug-likeness (QED) is 0.853. The number of halogens is 4. The van der Waals surface area contributed by atoms with Crippen LogP contribution in [0, 0.1) is 5.82 Å². The summed E-state index contributed by atoms with van der Waals surface area (Å²) in [5, 5.41) is 2.42. The Morgan fingerprint density at radius 2 is 2.10 bits per heavy atom. The van der Waals surface area contributed by atoms with Crippen molar-refractivity contribution in [1.29, 1.82) is 0 Å². The summed E-state index contributed by atoms with van der Waals surface area (Å²) in [6.07, 6.45) is -3.16. The predicted molar refractivity (Wildman–Crippen MR) is 67.6 cm³/mol. The van der Waals surface area contributed by atoms with Gasteiger partial charge in [-0.05, 0) is 18.1 Å². The van der Waals surface area contributed by atoms with E-state index in [1.807, 2.05) is 0 Å². The summed E-state index contributed by atoms with van der Waals surface area (Å²) in [6, 6.07) is 2.70. The van der Waals surface area contributed by atoms with Gasteiger partial charge in [-0.2, -0.15) is 13.2 Å². The molecule has 0 bridgehead atoms. The molecule has 2 rings (SSSR count). The lowest BCUT2D eigenvalue weighted by Crippen LogP contribution is -2.37. The number of amides is 1. The highest BCUT2D eigenvalue weighted by Crippen LogP contribution is 2.27. The molecule has 0 fully saturated rings. The minimum Gasteiger partial charge on any atom is -0.494 e. The van der Waals surface area contributed by atoms with E-state index in [0.29, 0.717) is 16.5 Å². The van der Waals surface area contributed by atoms with Gasteiger partial charge in [0, 0.05) is 29.7 Å². The van der Waals surface area contributed by atoms with Crippen molar-refractivity contribution in [3.63, 3.8) is 0 Å². The summed E-state index contributed by atoms with van der Waals surface area (Å²) in [4.78, 5) is 13.5. The Labute approximate surface area is 117 Å². The molecule has 0 spiro atoms. The molecule has 1 aromatic heterocycles. The summed E-state index contributed by atoms with van der Waals surface area (Å²) >= 11 is 0. The number of H-pyrrole nitrogens is 1. The summed E-state index contributed by atoms with van der Waals surface area (Å²) in [5.41, 5.74) is 1.16. The Morgan fingerprint density at radius 3 is 2.71 bits per heavy atom. The van der Waals surface area contributed by atoms with Gasteiger partial charge in [-0.3, -0.25) is 4.79 Å². The fourth-order valence-electron chi connectivity index (χ4n) is 1.96. The van der Waals surface area contributed by atoms with E-state index in [-0.39, 0.29) is 18.7 Å². The van der Waals surface area contributed by atoms with E-state index in [2.05, 4.69) is 4.98 Å². The highest BCUT2D eigenvalue weighted by atomic mass is 19.4. The van der Waals surface area contributed by atoms with Crippen LogP contribution in [0.3, 0.4) is 0 Å². The summed E-state index contributed by atoms with van der Waals surface area (Å²) < 4.78 is 54.5. The lowest BCUT2D eigenvalue weighted by Gasteiger charge is -2.07. The molecule has 0 radical (unpaired) electrons. The van der Waals surface area contributed by atoms with Gasteiger partial charge >= 0.3 is 12.1 Å². The van der Waals surface area contributed by atoms with E-state index >= 15 is 0 Å². The zero-order valence-electron chi connectivity index (χ0n) is 11.0. The first kappa shape index (κ1) is 15.1. The molecular formula is C13H12F4N2O2. The number of hydrogen-bond acceptors (Lipinski definition) is 2. The van der Waals surface area contributed by atoms with Gasteiger partial charge in [0.2, 0.25) is 0 Å². The highest BCUT2D eigenvalue weighted by Gasteiger charge is 2.38. The molecule has 1 aromatic carbocycles. The smallest absolute Gasteiger partial charge is 0.471 e.